The van der Waals surface area contributed by atoms with Crippen LogP contribution >= 0.6 is 0 Å². The van der Waals surface area contributed by atoms with Crippen LogP contribution in [0.25, 0.3) is 11.3 Å². The Morgan fingerprint density at radius 2 is 2.15 bits per heavy atom. The summed E-state index contributed by atoms with van der Waals surface area (Å²) in [5.74, 6) is 1.11. The second-order valence-corrected chi connectivity index (χ2v) is 5.88. The van der Waals surface area contributed by atoms with Crippen molar-refractivity contribution in [1.29, 1.82) is 0 Å². The van der Waals surface area contributed by atoms with Crippen LogP contribution in [0.3, 0.4) is 0 Å². The van der Waals surface area contributed by atoms with Crippen LogP contribution < -0.4 is 5.32 Å². The van der Waals surface area contributed by atoms with Crippen LogP contribution in [0.4, 0.5) is 0 Å². The second kappa shape index (κ2) is 5.80. The van der Waals surface area contributed by atoms with Gasteiger partial charge in [-0.3, -0.25) is 0 Å². The molecule has 3 heteroatoms. The minimum absolute atomic E-state index is 0.583. The van der Waals surface area contributed by atoms with E-state index in [1.807, 2.05) is 0 Å². The van der Waals surface area contributed by atoms with Gasteiger partial charge in [-0.15, -0.1) is 0 Å². The number of hydrogen-bond donors (Lipinski definition) is 2. The summed E-state index contributed by atoms with van der Waals surface area (Å²) in [7, 11) is 0. The summed E-state index contributed by atoms with van der Waals surface area (Å²) < 4.78 is 0. The van der Waals surface area contributed by atoms with Gasteiger partial charge >= 0.3 is 0 Å². The van der Waals surface area contributed by atoms with Gasteiger partial charge in [0, 0.05) is 23.7 Å². The number of nitrogens with zero attached hydrogens (tertiary/aromatic N) is 1. The highest BCUT2D eigenvalue weighted by atomic mass is 15.0. The van der Waals surface area contributed by atoms with Crippen LogP contribution in [-0.2, 0) is 6.42 Å². The van der Waals surface area contributed by atoms with Gasteiger partial charge in [0.05, 0.1) is 5.69 Å². The first-order valence-corrected chi connectivity index (χ1v) is 7.58. The molecule has 0 radical (unpaired) electrons. The molecule has 0 bridgehead atoms. The highest BCUT2D eigenvalue weighted by molar-refractivity contribution is 5.62. The molecule has 0 spiro atoms. The minimum Gasteiger partial charge on any atom is -0.346 e. The summed E-state index contributed by atoms with van der Waals surface area (Å²) >= 11 is 0. The van der Waals surface area contributed by atoms with E-state index in [4.69, 9.17) is 4.98 Å². The fourth-order valence-electron chi connectivity index (χ4n) is 3.02. The fraction of sp³-hybridized carbons (Fsp3) is 0.471. The maximum atomic E-state index is 4.82. The first-order valence-electron chi connectivity index (χ1n) is 7.58. The highest BCUT2D eigenvalue weighted by Gasteiger charge is 2.16. The molecule has 0 amide bonds. The molecule has 3 rings (SSSR count). The van der Waals surface area contributed by atoms with Crippen molar-refractivity contribution in [2.75, 3.05) is 6.54 Å². The number of benzene rings is 1. The molecular weight excluding hydrogens is 246 g/mol. The number of aromatic nitrogens is 2. The van der Waals surface area contributed by atoms with Gasteiger partial charge in [0.1, 0.15) is 5.82 Å². The van der Waals surface area contributed by atoms with Gasteiger partial charge in [-0.05, 0) is 39.3 Å². The quantitative estimate of drug-likeness (QED) is 0.897. The third-order valence-corrected chi connectivity index (χ3v) is 4.08. The van der Waals surface area contributed by atoms with Crippen LogP contribution in [0.5, 0.6) is 0 Å². The number of aromatic amines is 1. The maximum Gasteiger partial charge on any atom is 0.108 e. The summed E-state index contributed by atoms with van der Waals surface area (Å²) in [4.78, 5) is 8.28. The van der Waals surface area contributed by atoms with Crippen molar-refractivity contribution in [3.8, 4) is 11.3 Å². The number of nitrogens with one attached hydrogen (secondary N) is 2. The molecule has 2 aromatic rings. The van der Waals surface area contributed by atoms with E-state index in [1.54, 1.807) is 0 Å². The Bertz CT molecular complexity index is 580. The highest BCUT2D eigenvalue weighted by Crippen LogP contribution is 2.23. The van der Waals surface area contributed by atoms with Crippen molar-refractivity contribution in [1.82, 2.24) is 15.3 Å². The van der Waals surface area contributed by atoms with Crippen LogP contribution in [0, 0.1) is 13.8 Å². The number of aryl methyl sites for hydroxylation is 2. The molecule has 1 aliphatic rings. The molecule has 1 aliphatic heterocycles. The zero-order valence-corrected chi connectivity index (χ0v) is 12.4. The number of rotatable bonds is 3. The molecule has 1 unspecified atom stereocenters. The van der Waals surface area contributed by atoms with Crippen molar-refractivity contribution in [3.63, 3.8) is 0 Å². The van der Waals surface area contributed by atoms with Gasteiger partial charge in [-0.25, -0.2) is 4.98 Å². The van der Waals surface area contributed by atoms with Crippen molar-refractivity contribution < 1.29 is 0 Å². The molecule has 1 saturated heterocycles. The number of hydrogen-bond acceptors (Lipinski definition) is 2. The largest absolute Gasteiger partial charge is 0.346 e. The Hall–Kier alpha value is -1.61. The average molecular weight is 269 g/mol. The molecule has 0 aliphatic carbocycles. The van der Waals surface area contributed by atoms with Crippen molar-refractivity contribution in [3.05, 3.63) is 41.3 Å². The van der Waals surface area contributed by atoms with E-state index >= 15 is 0 Å². The smallest absolute Gasteiger partial charge is 0.108 e. The van der Waals surface area contributed by atoms with E-state index in [0.29, 0.717) is 6.04 Å². The minimum atomic E-state index is 0.583. The lowest BCUT2D eigenvalue weighted by Crippen LogP contribution is -2.35. The van der Waals surface area contributed by atoms with E-state index in [-0.39, 0.29) is 0 Å². The van der Waals surface area contributed by atoms with Crippen molar-refractivity contribution >= 4 is 0 Å². The number of imidazole rings is 1. The third kappa shape index (κ3) is 2.93. The van der Waals surface area contributed by atoms with Crippen LogP contribution in [0.1, 0.15) is 36.3 Å². The second-order valence-electron chi connectivity index (χ2n) is 5.88. The van der Waals surface area contributed by atoms with E-state index in [2.05, 4.69) is 48.4 Å². The van der Waals surface area contributed by atoms with Crippen LogP contribution in [-0.4, -0.2) is 22.6 Å². The Morgan fingerprint density at radius 3 is 2.90 bits per heavy atom. The lowest BCUT2D eigenvalue weighted by Gasteiger charge is -2.22. The predicted octanol–water partition coefficient (Wildman–Crippen LogP) is 3.38. The summed E-state index contributed by atoms with van der Waals surface area (Å²) in [6.07, 6.45) is 4.91. The first-order chi connectivity index (χ1) is 9.72. The van der Waals surface area contributed by atoms with E-state index in [0.717, 1.165) is 24.5 Å². The van der Waals surface area contributed by atoms with E-state index in [1.165, 1.54) is 36.1 Å². The summed E-state index contributed by atoms with van der Waals surface area (Å²) in [5, 5.41) is 3.59. The molecule has 20 heavy (non-hydrogen) atoms. The molecule has 1 aromatic heterocycles. The average Bonchev–Trinajstić information content (AvgIpc) is 2.81. The van der Waals surface area contributed by atoms with Gasteiger partial charge in [-0.1, -0.05) is 30.2 Å². The van der Waals surface area contributed by atoms with Gasteiger partial charge < -0.3 is 10.3 Å². The molecule has 1 atom stereocenters. The SMILES string of the molecule is Cc1cccc(-c2nc(CC3CCCCN3)[nH]c2C)c1. The molecule has 2 N–H and O–H groups in total. The standard InChI is InChI=1S/C17H23N3/c1-12-6-5-7-14(10-12)17-13(2)19-16(20-17)11-15-8-3-4-9-18-15/h5-7,10,15,18H,3-4,8-9,11H2,1-2H3,(H,19,20). The Labute approximate surface area is 120 Å². The van der Waals surface area contributed by atoms with Crippen molar-refractivity contribution in [2.24, 2.45) is 0 Å². The monoisotopic (exact) mass is 269 g/mol. The molecular formula is C17H23N3. The van der Waals surface area contributed by atoms with Crippen LogP contribution in [0.2, 0.25) is 0 Å². The van der Waals surface area contributed by atoms with E-state index < -0.39 is 0 Å². The van der Waals surface area contributed by atoms with Gasteiger partial charge in [0.15, 0.2) is 0 Å². The summed E-state index contributed by atoms with van der Waals surface area (Å²) in [5.41, 5.74) is 4.75. The molecule has 1 aromatic carbocycles. The molecule has 0 saturated carbocycles. The molecule has 1 fully saturated rings. The molecule has 3 nitrogen and oxygen atoms in total. The van der Waals surface area contributed by atoms with Gasteiger partial charge in [-0.2, -0.15) is 0 Å². The molecule has 2 heterocycles. The summed E-state index contributed by atoms with van der Waals surface area (Å²) in [6.45, 7) is 5.38. The molecule has 106 valence electrons. The zero-order chi connectivity index (χ0) is 13.9. The maximum absolute atomic E-state index is 4.82. The van der Waals surface area contributed by atoms with Crippen molar-refractivity contribution in [2.45, 2.75) is 45.6 Å². The Morgan fingerprint density at radius 1 is 1.25 bits per heavy atom. The Kier molecular flexibility index (Phi) is 3.88. The lowest BCUT2D eigenvalue weighted by atomic mass is 10.0. The van der Waals surface area contributed by atoms with Crippen LogP contribution in [0.15, 0.2) is 24.3 Å². The van der Waals surface area contributed by atoms with E-state index in [9.17, 15) is 0 Å². The third-order valence-electron chi connectivity index (χ3n) is 4.08. The fourth-order valence-corrected chi connectivity index (χ4v) is 3.02. The topological polar surface area (TPSA) is 40.7 Å². The summed E-state index contributed by atoms with van der Waals surface area (Å²) in [6, 6.07) is 9.14. The normalized spacial score (nSPS) is 19.2. The van der Waals surface area contributed by atoms with Gasteiger partial charge in [0.2, 0.25) is 0 Å². The lowest BCUT2D eigenvalue weighted by molar-refractivity contribution is 0.395. The number of piperidine rings is 1. The Balaban J connectivity index is 1.80. The first kappa shape index (κ1) is 13.4. The predicted molar refractivity (Wildman–Crippen MR) is 82.8 cm³/mol. The zero-order valence-electron chi connectivity index (χ0n) is 12.4. The van der Waals surface area contributed by atoms with Gasteiger partial charge in [0.25, 0.3) is 0 Å². The number of H-pyrrole nitrogens is 1.